The second-order valence-corrected chi connectivity index (χ2v) is 4.83. The van der Waals surface area contributed by atoms with E-state index in [0.717, 1.165) is 4.90 Å². The topological polar surface area (TPSA) is 90.0 Å². The van der Waals surface area contributed by atoms with Gasteiger partial charge in [0.1, 0.15) is 0 Å². The van der Waals surface area contributed by atoms with Crippen LogP contribution in [0.4, 0.5) is 4.79 Å². The molecule has 0 heterocycles. The quantitative estimate of drug-likeness (QED) is 0.623. The van der Waals surface area contributed by atoms with Crippen molar-refractivity contribution in [3.63, 3.8) is 0 Å². The van der Waals surface area contributed by atoms with E-state index in [4.69, 9.17) is 0 Å². The Bertz CT molecular complexity index is 334. The first-order chi connectivity index (χ1) is 9.31. The second-order valence-electron chi connectivity index (χ2n) is 4.83. The third-order valence-corrected chi connectivity index (χ3v) is 2.89. The number of amides is 4. The van der Waals surface area contributed by atoms with Crippen LogP contribution < -0.4 is 5.32 Å². The molecule has 4 amide bonds. The van der Waals surface area contributed by atoms with Gasteiger partial charge in [0, 0.05) is 32.6 Å². The van der Waals surface area contributed by atoms with Gasteiger partial charge in [0.15, 0.2) is 0 Å². The van der Waals surface area contributed by atoms with Crippen molar-refractivity contribution >= 4 is 18.3 Å². The molecule has 0 fully saturated rings. The van der Waals surface area contributed by atoms with E-state index in [-0.39, 0.29) is 18.5 Å². The average molecular weight is 287 g/mol. The van der Waals surface area contributed by atoms with Crippen LogP contribution in [0.5, 0.6) is 0 Å². The minimum absolute atomic E-state index is 0.0961. The van der Waals surface area contributed by atoms with Gasteiger partial charge < -0.3 is 15.3 Å². The van der Waals surface area contributed by atoms with Gasteiger partial charge in [-0.3, -0.25) is 14.5 Å². The molecule has 0 spiro atoms. The standard InChI is InChI=1S/C13H25N3O4/c1-5-15(12(4)19)6-7-16(9-17)13(20)14-10(2)8-11(3)18/h9-11,18H,5-8H2,1-4H3,(H,14,20)/t10-,11-/m1/s1. The summed E-state index contributed by atoms with van der Waals surface area (Å²) < 4.78 is 0. The van der Waals surface area contributed by atoms with Crippen molar-refractivity contribution in [2.45, 2.75) is 46.3 Å². The summed E-state index contributed by atoms with van der Waals surface area (Å²) in [5, 5.41) is 11.8. The Morgan fingerprint density at radius 2 is 1.90 bits per heavy atom. The SMILES string of the molecule is CCN(CCN(C=O)C(=O)N[C@H](C)C[C@@H](C)O)C(C)=O. The van der Waals surface area contributed by atoms with Crippen molar-refractivity contribution in [3.05, 3.63) is 0 Å². The molecule has 0 radical (unpaired) electrons. The van der Waals surface area contributed by atoms with Gasteiger partial charge in [0.05, 0.1) is 6.10 Å². The zero-order chi connectivity index (χ0) is 15.7. The summed E-state index contributed by atoms with van der Waals surface area (Å²) in [6.45, 7) is 7.64. The minimum Gasteiger partial charge on any atom is -0.393 e. The van der Waals surface area contributed by atoms with E-state index >= 15 is 0 Å². The summed E-state index contributed by atoms with van der Waals surface area (Å²) in [5.41, 5.74) is 0. The molecule has 2 atom stereocenters. The first kappa shape index (κ1) is 18.4. The molecule has 0 aliphatic rings. The molecule has 116 valence electrons. The molecule has 0 rings (SSSR count). The van der Waals surface area contributed by atoms with Gasteiger partial charge in [0.25, 0.3) is 0 Å². The Morgan fingerprint density at radius 3 is 2.30 bits per heavy atom. The number of carbonyl (C=O) groups is 3. The molecular weight excluding hydrogens is 262 g/mol. The van der Waals surface area contributed by atoms with Crippen molar-refractivity contribution in [1.29, 1.82) is 0 Å². The van der Waals surface area contributed by atoms with Gasteiger partial charge in [-0.2, -0.15) is 0 Å². The number of nitrogens with zero attached hydrogens (tertiary/aromatic N) is 2. The molecule has 0 bridgehead atoms. The number of hydrogen-bond acceptors (Lipinski definition) is 4. The second kappa shape index (κ2) is 9.30. The monoisotopic (exact) mass is 287 g/mol. The molecule has 0 aliphatic carbocycles. The molecular formula is C13H25N3O4. The number of imide groups is 1. The normalized spacial score (nSPS) is 13.2. The van der Waals surface area contributed by atoms with Crippen molar-refractivity contribution in [1.82, 2.24) is 15.1 Å². The number of carbonyl (C=O) groups excluding carboxylic acids is 3. The lowest BCUT2D eigenvalue weighted by Crippen LogP contribution is -2.47. The summed E-state index contributed by atoms with van der Waals surface area (Å²) in [6, 6.07) is -0.757. The lowest BCUT2D eigenvalue weighted by molar-refractivity contribution is -0.129. The number of likely N-dealkylation sites (N-methyl/N-ethyl adjacent to an activating group) is 1. The summed E-state index contributed by atoms with van der Waals surface area (Å²) in [7, 11) is 0. The number of urea groups is 1. The Labute approximate surface area is 119 Å². The molecule has 7 nitrogen and oxygen atoms in total. The van der Waals surface area contributed by atoms with E-state index in [1.165, 1.54) is 6.92 Å². The Kier molecular flexibility index (Phi) is 8.54. The third kappa shape index (κ3) is 7.08. The highest BCUT2D eigenvalue weighted by atomic mass is 16.3. The van der Waals surface area contributed by atoms with E-state index in [1.807, 2.05) is 6.92 Å². The summed E-state index contributed by atoms with van der Waals surface area (Å²) in [4.78, 5) is 36.5. The fraction of sp³-hybridized carbons (Fsp3) is 0.769. The minimum atomic E-state index is -0.525. The largest absolute Gasteiger partial charge is 0.393 e. The highest BCUT2D eigenvalue weighted by Gasteiger charge is 2.17. The van der Waals surface area contributed by atoms with E-state index in [9.17, 15) is 19.5 Å². The number of hydrogen-bond donors (Lipinski definition) is 2. The van der Waals surface area contributed by atoms with Crippen LogP contribution in [-0.4, -0.2) is 65.0 Å². The predicted octanol–water partition coefficient (Wildman–Crippen LogP) is 0.182. The number of aliphatic hydroxyl groups is 1. The maximum absolute atomic E-state index is 11.8. The van der Waals surface area contributed by atoms with Gasteiger partial charge in [0.2, 0.25) is 12.3 Å². The molecule has 0 saturated carbocycles. The average Bonchev–Trinajstić information content (AvgIpc) is 2.32. The molecule has 0 aromatic rings. The Balaban J connectivity index is 4.34. The van der Waals surface area contributed by atoms with Crippen molar-refractivity contribution in [2.75, 3.05) is 19.6 Å². The molecule has 0 aromatic carbocycles. The summed E-state index contributed by atoms with van der Waals surface area (Å²) >= 11 is 0. The van der Waals surface area contributed by atoms with Crippen molar-refractivity contribution < 1.29 is 19.5 Å². The molecule has 2 N–H and O–H groups in total. The van der Waals surface area contributed by atoms with Crippen LogP contribution in [0.1, 0.15) is 34.1 Å². The fourth-order valence-electron chi connectivity index (χ4n) is 1.83. The first-order valence-electron chi connectivity index (χ1n) is 6.77. The maximum Gasteiger partial charge on any atom is 0.324 e. The smallest absolute Gasteiger partial charge is 0.324 e. The van der Waals surface area contributed by atoms with Crippen LogP contribution in [0, 0.1) is 0 Å². The maximum atomic E-state index is 11.8. The van der Waals surface area contributed by atoms with Gasteiger partial charge in [-0.05, 0) is 27.2 Å². The lowest BCUT2D eigenvalue weighted by atomic mass is 10.2. The van der Waals surface area contributed by atoms with Crippen molar-refractivity contribution in [2.24, 2.45) is 0 Å². The van der Waals surface area contributed by atoms with Crippen LogP contribution in [-0.2, 0) is 9.59 Å². The van der Waals surface area contributed by atoms with Gasteiger partial charge in [-0.1, -0.05) is 0 Å². The van der Waals surface area contributed by atoms with Crippen LogP contribution >= 0.6 is 0 Å². The lowest BCUT2D eigenvalue weighted by Gasteiger charge is -2.24. The zero-order valence-electron chi connectivity index (χ0n) is 12.6. The fourth-order valence-corrected chi connectivity index (χ4v) is 1.83. The number of aliphatic hydroxyl groups excluding tert-OH is 1. The molecule has 0 aliphatic heterocycles. The van der Waals surface area contributed by atoms with Gasteiger partial charge in [-0.25, -0.2) is 4.79 Å². The van der Waals surface area contributed by atoms with Crippen LogP contribution in [0.25, 0.3) is 0 Å². The molecule has 0 aromatic heterocycles. The van der Waals surface area contributed by atoms with Gasteiger partial charge >= 0.3 is 6.03 Å². The van der Waals surface area contributed by atoms with Crippen LogP contribution in [0.3, 0.4) is 0 Å². The number of rotatable bonds is 8. The summed E-state index contributed by atoms with van der Waals surface area (Å²) in [6.07, 6.45) is 0.328. The van der Waals surface area contributed by atoms with Crippen LogP contribution in [0.15, 0.2) is 0 Å². The summed E-state index contributed by atoms with van der Waals surface area (Å²) in [5.74, 6) is -0.0961. The molecule has 0 saturated heterocycles. The highest BCUT2D eigenvalue weighted by Crippen LogP contribution is 1.98. The van der Waals surface area contributed by atoms with E-state index in [1.54, 1.807) is 18.7 Å². The van der Waals surface area contributed by atoms with E-state index < -0.39 is 12.1 Å². The predicted molar refractivity (Wildman–Crippen MR) is 75.0 cm³/mol. The molecule has 7 heteroatoms. The Morgan fingerprint density at radius 1 is 1.30 bits per heavy atom. The van der Waals surface area contributed by atoms with E-state index in [0.29, 0.717) is 25.9 Å². The first-order valence-corrected chi connectivity index (χ1v) is 6.77. The third-order valence-electron chi connectivity index (χ3n) is 2.89. The highest BCUT2D eigenvalue weighted by molar-refractivity contribution is 5.85. The zero-order valence-corrected chi connectivity index (χ0v) is 12.6. The Hall–Kier alpha value is -1.63. The number of nitrogens with one attached hydrogen (secondary N) is 1. The van der Waals surface area contributed by atoms with Crippen LogP contribution in [0.2, 0.25) is 0 Å². The molecule has 0 unspecified atom stereocenters. The van der Waals surface area contributed by atoms with Crippen molar-refractivity contribution in [3.8, 4) is 0 Å². The van der Waals surface area contributed by atoms with Gasteiger partial charge in [-0.15, -0.1) is 0 Å². The van der Waals surface area contributed by atoms with E-state index in [2.05, 4.69) is 5.32 Å². The molecule has 20 heavy (non-hydrogen) atoms.